The van der Waals surface area contributed by atoms with Gasteiger partial charge in [0.2, 0.25) is 5.91 Å². The highest BCUT2D eigenvalue weighted by Gasteiger charge is 2.65. The van der Waals surface area contributed by atoms with Crippen molar-refractivity contribution in [3.8, 4) is 11.5 Å². The van der Waals surface area contributed by atoms with E-state index in [4.69, 9.17) is 9.47 Å². The molecule has 0 bridgehead atoms. The number of hydrogen-bond donors (Lipinski definition) is 1. The maximum atomic E-state index is 13.5. The molecule has 6 nitrogen and oxygen atoms in total. The van der Waals surface area contributed by atoms with Crippen LogP contribution in [0.5, 0.6) is 11.5 Å². The summed E-state index contributed by atoms with van der Waals surface area (Å²) in [5.74, 6) is 0.0374. The Bertz CT molecular complexity index is 1200. The Morgan fingerprint density at radius 3 is 2.32 bits per heavy atom. The lowest BCUT2D eigenvalue weighted by Gasteiger charge is -2.41. The molecular weight excluding hydrogens is 497 g/mol. The van der Waals surface area contributed by atoms with Crippen LogP contribution >= 0.6 is 0 Å². The van der Waals surface area contributed by atoms with Crippen molar-refractivity contribution >= 4 is 11.8 Å². The first-order chi connectivity index (χ1) is 18.1. The molecule has 3 aliphatic rings. The average molecular weight is 531 g/mol. The number of methoxy groups -OCH3 is 1. The fourth-order valence-corrected chi connectivity index (χ4v) is 5.80. The molecule has 2 amide bonds. The number of likely N-dealkylation sites (tertiary alicyclic amines) is 1. The number of nitrogens with zero attached hydrogens (tertiary/aromatic N) is 1. The molecule has 1 aliphatic heterocycles. The molecule has 38 heavy (non-hydrogen) atoms. The zero-order valence-corrected chi connectivity index (χ0v) is 21.7. The number of amides is 2. The topological polar surface area (TPSA) is 67.9 Å². The van der Waals surface area contributed by atoms with Gasteiger partial charge in [-0.2, -0.15) is 13.2 Å². The van der Waals surface area contributed by atoms with E-state index in [0.29, 0.717) is 62.4 Å². The molecule has 204 valence electrons. The number of carbonyl (C=O) groups is 2. The van der Waals surface area contributed by atoms with E-state index >= 15 is 0 Å². The minimum absolute atomic E-state index is 0.115. The monoisotopic (exact) mass is 530 g/mol. The van der Waals surface area contributed by atoms with E-state index in [1.54, 1.807) is 24.1 Å². The molecular formula is C29H33F3N2O4. The third-order valence-corrected chi connectivity index (χ3v) is 8.70. The number of benzene rings is 2. The van der Waals surface area contributed by atoms with E-state index in [1.165, 1.54) is 0 Å². The van der Waals surface area contributed by atoms with Gasteiger partial charge in [-0.15, -0.1) is 0 Å². The normalized spacial score (nSPS) is 21.4. The third-order valence-electron chi connectivity index (χ3n) is 8.70. The minimum atomic E-state index is -4.52. The Morgan fingerprint density at radius 1 is 1.05 bits per heavy atom. The number of nitrogens with one attached hydrogen (secondary N) is 1. The summed E-state index contributed by atoms with van der Waals surface area (Å²) in [6.07, 6.45) is -2.42. The standard InChI is InChI=1S/C29H33F3N2O4/c1-19-15-22(37-2)23(38-18-20-7-4-3-5-8-20)16-21(19)25(35)34-13-11-27(12-14-34)17-24(27)33-26(36)28(9-6-10-28)29(30,31)32/h3-5,7-8,15-16,24H,6,9-14,17-18H2,1-2H3,(H,33,36). The first kappa shape index (κ1) is 26.4. The summed E-state index contributed by atoms with van der Waals surface area (Å²) in [5.41, 5.74) is -0.147. The molecule has 0 radical (unpaired) electrons. The summed E-state index contributed by atoms with van der Waals surface area (Å²) >= 11 is 0. The van der Waals surface area contributed by atoms with Gasteiger partial charge in [0.1, 0.15) is 12.0 Å². The molecule has 3 fully saturated rings. The molecule has 9 heteroatoms. The Balaban J connectivity index is 1.21. The zero-order valence-electron chi connectivity index (χ0n) is 21.7. The Hall–Kier alpha value is -3.23. The van der Waals surface area contributed by atoms with Crippen molar-refractivity contribution < 1.29 is 32.2 Å². The molecule has 1 atom stereocenters. The predicted octanol–water partition coefficient (Wildman–Crippen LogP) is 5.43. The summed E-state index contributed by atoms with van der Waals surface area (Å²) < 4.78 is 52.1. The van der Waals surface area contributed by atoms with Gasteiger partial charge in [0.05, 0.1) is 7.11 Å². The van der Waals surface area contributed by atoms with Gasteiger partial charge in [0, 0.05) is 24.7 Å². The fraction of sp³-hybridized carbons (Fsp3) is 0.517. The van der Waals surface area contributed by atoms with Crippen LogP contribution in [0.4, 0.5) is 13.2 Å². The van der Waals surface area contributed by atoms with E-state index in [1.807, 2.05) is 37.3 Å². The summed E-state index contributed by atoms with van der Waals surface area (Å²) in [6, 6.07) is 13.0. The lowest BCUT2D eigenvalue weighted by molar-refractivity contribution is -0.243. The molecule has 1 heterocycles. The van der Waals surface area contributed by atoms with Crippen LogP contribution in [0.2, 0.25) is 0 Å². The van der Waals surface area contributed by atoms with Crippen LogP contribution in [-0.4, -0.2) is 49.1 Å². The number of alkyl halides is 3. The number of carbonyl (C=O) groups excluding carboxylic acids is 2. The van der Waals surface area contributed by atoms with E-state index in [2.05, 4.69) is 5.32 Å². The van der Waals surface area contributed by atoms with Gasteiger partial charge >= 0.3 is 6.18 Å². The number of halogens is 3. The van der Waals surface area contributed by atoms with Gasteiger partial charge in [-0.25, -0.2) is 0 Å². The SMILES string of the molecule is COc1cc(C)c(C(=O)N2CCC3(CC2)CC3NC(=O)C2(C(F)(F)F)CCC2)cc1OCc1ccccc1. The van der Waals surface area contributed by atoms with Crippen molar-refractivity contribution in [1.29, 1.82) is 0 Å². The Kier molecular flexibility index (Phi) is 6.82. The van der Waals surface area contributed by atoms with Crippen molar-refractivity contribution in [3.63, 3.8) is 0 Å². The second-order valence-electron chi connectivity index (χ2n) is 10.9. The van der Waals surface area contributed by atoms with E-state index in [0.717, 1.165) is 11.1 Å². The highest BCUT2D eigenvalue weighted by molar-refractivity contribution is 5.96. The van der Waals surface area contributed by atoms with Crippen LogP contribution in [-0.2, 0) is 11.4 Å². The van der Waals surface area contributed by atoms with Crippen molar-refractivity contribution in [1.82, 2.24) is 10.2 Å². The van der Waals surface area contributed by atoms with Crippen LogP contribution in [0.15, 0.2) is 42.5 Å². The highest BCUT2D eigenvalue weighted by Crippen LogP contribution is 2.57. The Labute approximate surface area is 220 Å². The molecule has 2 aromatic carbocycles. The lowest BCUT2D eigenvalue weighted by atomic mass is 9.67. The van der Waals surface area contributed by atoms with Crippen molar-refractivity contribution in [3.05, 3.63) is 59.2 Å². The van der Waals surface area contributed by atoms with Gasteiger partial charge in [-0.05, 0) is 67.7 Å². The highest BCUT2D eigenvalue weighted by atomic mass is 19.4. The number of ether oxygens (including phenoxy) is 2. The fourth-order valence-electron chi connectivity index (χ4n) is 5.80. The van der Waals surface area contributed by atoms with E-state index in [9.17, 15) is 22.8 Å². The van der Waals surface area contributed by atoms with E-state index < -0.39 is 17.5 Å². The smallest absolute Gasteiger partial charge is 0.403 e. The van der Waals surface area contributed by atoms with Gasteiger partial charge in [0.25, 0.3) is 5.91 Å². The van der Waals surface area contributed by atoms with E-state index in [-0.39, 0.29) is 30.2 Å². The van der Waals surface area contributed by atoms with Crippen LogP contribution in [0.3, 0.4) is 0 Å². The molecule has 2 aromatic rings. The maximum absolute atomic E-state index is 13.5. The third kappa shape index (κ3) is 4.71. The summed E-state index contributed by atoms with van der Waals surface area (Å²) in [4.78, 5) is 27.8. The number of rotatable bonds is 7. The molecule has 1 saturated heterocycles. The van der Waals surface area contributed by atoms with Gasteiger partial charge in [-0.1, -0.05) is 36.8 Å². The van der Waals surface area contributed by atoms with Crippen LogP contribution < -0.4 is 14.8 Å². The minimum Gasteiger partial charge on any atom is -0.493 e. The van der Waals surface area contributed by atoms with Crippen LogP contribution in [0, 0.1) is 17.8 Å². The molecule has 2 aliphatic carbocycles. The quantitative estimate of drug-likeness (QED) is 0.519. The number of hydrogen-bond acceptors (Lipinski definition) is 4. The summed E-state index contributed by atoms with van der Waals surface area (Å²) in [6.45, 7) is 3.16. The largest absolute Gasteiger partial charge is 0.493 e. The van der Waals surface area contributed by atoms with Crippen molar-refractivity contribution in [2.45, 2.75) is 64.3 Å². The number of aryl methyl sites for hydroxylation is 1. The van der Waals surface area contributed by atoms with Crippen molar-refractivity contribution in [2.75, 3.05) is 20.2 Å². The molecule has 1 unspecified atom stereocenters. The number of piperidine rings is 1. The zero-order chi connectivity index (χ0) is 27.1. The molecule has 1 N–H and O–H groups in total. The first-order valence-corrected chi connectivity index (χ1v) is 13.1. The van der Waals surface area contributed by atoms with Crippen LogP contribution in [0.1, 0.15) is 60.0 Å². The first-order valence-electron chi connectivity index (χ1n) is 13.1. The van der Waals surface area contributed by atoms with Crippen LogP contribution in [0.25, 0.3) is 0 Å². The average Bonchev–Trinajstić information content (AvgIpc) is 3.52. The van der Waals surface area contributed by atoms with Gasteiger partial charge in [0.15, 0.2) is 11.5 Å². The molecule has 1 spiro atoms. The summed E-state index contributed by atoms with van der Waals surface area (Å²) in [5, 5.41) is 2.70. The second kappa shape index (κ2) is 9.82. The molecule has 0 aromatic heterocycles. The summed E-state index contributed by atoms with van der Waals surface area (Å²) in [7, 11) is 1.56. The lowest BCUT2D eigenvalue weighted by Crippen LogP contribution is -2.56. The van der Waals surface area contributed by atoms with Gasteiger partial charge < -0.3 is 19.7 Å². The maximum Gasteiger partial charge on any atom is 0.403 e. The molecule has 2 saturated carbocycles. The van der Waals surface area contributed by atoms with Gasteiger partial charge in [-0.3, -0.25) is 9.59 Å². The Morgan fingerprint density at radius 2 is 1.74 bits per heavy atom. The van der Waals surface area contributed by atoms with Crippen molar-refractivity contribution in [2.24, 2.45) is 10.8 Å². The predicted molar refractivity (Wildman–Crippen MR) is 135 cm³/mol. The molecule has 5 rings (SSSR count). The second-order valence-corrected chi connectivity index (χ2v) is 10.9.